The lowest BCUT2D eigenvalue weighted by atomic mass is 10.3. The Kier molecular flexibility index (Phi) is 3.33. The van der Waals surface area contributed by atoms with Gasteiger partial charge < -0.3 is 4.52 Å². The summed E-state index contributed by atoms with van der Waals surface area (Å²) in [6.45, 7) is 4.32. The van der Waals surface area contributed by atoms with E-state index in [1.54, 1.807) is 11.6 Å². The van der Waals surface area contributed by atoms with E-state index >= 15 is 0 Å². The number of hydrogen-bond acceptors (Lipinski definition) is 5. The van der Waals surface area contributed by atoms with E-state index in [1.807, 2.05) is 6.20 Å². The molecule has 0 N–H and O–H groups in total. The summed E-state index contributed by atoms with van der Waals surface area (Å²) in [5, 5.41) is 11.8. The summed E-state index contributed by atoms with van der Waals surface area (Å²) < 4.78 is 6.69. The summed E-state index contributed by atoms with van der Waals surface area (Å²) in [6, 6.07) is 0. The average Bonchev–Trinajstić information content (AvgIpc) is 2.87. The van der Waals surface area contributed by atoms with E-state index in [1.165, 1.54) is 0 Å². The lowest BCUT2D eigenvalue weighted by Gasteiger charge is -1.98. The fourth-order valence-corrected chi connectivity index (χ4v) is 1.50. The number of aromatic nitrogens is 5. The maximum atomic E-state index is 5.00. The highest BCUT2D eigenvalue weighted by atomic mass is 79.9. The molecule has 86 valence electrons. The lowest BCUT2D eigenvalue weighted by Crippen LogP contribution is -2.00. The topological polar surface area (TPSA) is 69.6 Å². The molecule has 0 aliphatic heterocycles. The van der Waals surface area contributed by atoms with Crippen molar-refractivity contribution < 1.29 is 4.52 Å². The van der Waals surface area contributed by atoms with Crippen LogP contribution < -0.4 is 0 Å². The summed E-state index contributed by atoms with van der Waals surface area (Å²) >= 11 is 3.52. The van der Waals surface area contributed by atoms with Crippen LogP contribution in [0.3, 0.4) is 0 Å². The molecule has 16 heavy (non-hydrogen) atoms. The predicted molar refractivity (Wildman–Crippen MR) is 60.1 cm³/mol. The van der Waals surface area contributed by atoms with Gasteiger partial charge in [-0.05, 0) is 13.3 Å². The third-order valence-corrected chi connectivity index (χ3v) is 3.22. The van der Waals surface area contributed by atoms with Crippen LogP contribution in [-0.2, 0) is 6.54 Å². The van der Waals surface area contributed by atoms with Crippen molar-refractivity contribution in [1.29, 1.82) is 0 Å². The Labute approximate surface area is 101 Å². The van der Waals surface area contributed by atoms with Crippen molar-refractivity contribution in [2.75, 3.05) is 0 Å². The van der Waals surface area contributed by atoms with E-state index in [0.29, 0.717) is 18.3 Å². The molecule has 0 amide bonds. The lowest BCUT2D eigenvalue weighted by molar-refractivity contribution is 0.361. The first kappa shape index (κ1) is 11.3. The molecule has 0 bridgehead atoms. The molecule has 7 heteroatoms. The molecule has 0 saturated heterocycles. The fraction of sp³-hybridized carbons (Fsp3) is 0.556. The summed E-state index contributed by atoms with van der Waals surface area (Å²) in [6.07, 6.45) is 2.85. The van der Waals surface area contributed by atoms with Crippen molar-refractivity contribution in [3.8, 4) is 0 Å². The SMILES string of the molecule is CCC(Br)c1cn(Cc2nc(C)no2)nn1. The minimum atomic E-state index is 0.241. The fourth-order valence-electron chi connectivity index (χ4n) is 1.29. The number of alkyl halides is 1. The molecule has 1 atom stereocenters. The van der Waals surface area contributed by atoms with Gasteiger partial charge in [-0.2, -0.15) is 4.98 Å². The highest BCUT2D eigenvalue weighted by Crippen LogP contribution is 2.23. The summed E-state index contributed by atoms with van der Waals surface area (Å²) in [5.41, 5.74) is 0.915. The van der Waals surface area contributed by atoms with Gasteiger partial charge in [-0.1, -0.05) is 33.2 Å². The smallest absolute Gasteiger partial charge is 0.248 e. The Bertz CT molecular complexity index is 466. The molecule has 2 aromatic rings. The second-order valence-corrected chi connectivity index (χ2v) is 4.56. The van der Waals surface area contributed by atoms with E-state index in [2.05, 4.69) is 43.3 Å². The van der Waals surface area contributed by atoms with Crippen molar-refractivity contribution in [2.45, 2.75) is 31.6 Å². The molecule has 1 unspecified atom stereocenters. The standard InChI is InChI=1S/C9H12BrN5O/c1-3-7(10)8-4-15(14-12-8)5-9-11-6(2)13-16-9/h4,7H,3,5H2,1-2H3. The van der Waals surface area contributed by atoms with Crippen LogP contribution in [0.1, 0.15) is 35.6 Å². The third-order valence-electron chi connectivity index (χ3n) is 2.10. The molecule has 2 aromatic heterocycles. The maximum Gasteiger partial charge on any atom is 0.248 e. The second kappa shape index (κ2) is 4.73. The zero-order valence-corrected chi connectivity index (χ0v) is 10.7. The molecule has 6 nitrogen and oxygen atoms in total. The van der Waals surface area contributed by atoms with Gasteiger partial charge in [0.25, 0.3) is 0 Å². The highest BCUT2D eigenvalue weighted by Gasteiger charge is 2.11. The van der Waals surface area contributed by atoms with Gasteiger partial charge in [-0.15, -0.1) is 5.10 Å². The first-order valence-electron chi connectivity index (χ1n) is 5.02. The van der Waals surface area contributed by atoms with Crippen LogP contribution in [0.5, 0.6) is 0 Å². The van der Waals surface area contributed by atoms with Crippen molar-refractivity contribution >= 4 is 15.9 Å². The zero-order chi connectivity index (χ0) is 11.5. The van der Waals surface area contributed by atoms with Crippen LogP contribution in [0.2, 0.25) is 0 Å². The van der Waals surface area contributed by atoms with Gasteiger partial charge in [0.2, 0.25) is 5.89 Å². The normalized spacial score (nSPS) is 12.9. The number of hydrogen-bond donors (Lipinski definition) is 0. The number of nitrogens with zero attached hydrogens (tertiary/aromatic N) is 5. The van der Waals surface area contributed by atoms with Crippen LogP contribution >= 0.6 is 15.9 Å². The van der Waals surface area contributed by atoms with Crippen molar-refractivity contribution in [3.63, 3.8) is 0 Å². The minimum Gasteiger partial charge on any atom is -0.337 e. The van der Waals surface area contributed by atoms with Crippen LogP contribution in [0.4, 0.5) is 0 Å². The number of rotatable bonds is 4. The van der Waals surface area contributed by atoms with Gasteiger partial charge in [-0.3, -0.25) is 0 Å². The summed E-state index contributed by atoms with van der Waals surface area (Å²) in [7, 11) is 0. The predicted octanol–water partition coefficient (Wildman–Crippen LogP) is 1.86. The molecule has 0 spiro atoms. The molecular formula is C9H12BrN5O. The van der Waals surface area contributed by atoms with Crippen LogP contribution in [0.15, 0.2) is 10.7 Å². The zero-order valence-electron chi connectivity index (χ0n) is 9.09. The van der Waals surface area contributed by atoms with Gasteiger partial charge in [-0.25, -0.2) is 4.68 Å². The molecule has 2 heterocycles. The first-order valence-corrected chi connectivity index (χ1v) is 5.94. The molecule has 0 fully saturated rings. The second-order valence-electron chi connectivity index (χ2n) is 3.45. The van der Waals surface area contributed by atoms with Crippen LogP contribution in [0.25, 0.3) is 0 Å². The largest absolute Gasteiger partial charge is 0.337 e. The third kappa shape index (κ3) is 2.46. The van der Waals surface area contributed by atoms with E-state index in [0.717, 1.165) is 12.1 Å². The van der Waals surface area contributed by atoms with Gasteiger partial charge in [0, 0.05) is 0 Å². The molecule has 0 radical (unpaired) electrons. The summed E-state index contributed by atoms with van der Waals surface area (Å²) in [5.74, 6) is 1.17. The minimum absolute atomic E-state index is 0.241. The molecule has 0 aliphatic carbocycles. The maximum absolute atomic E-state index is 5.00. The molecule has 0 saturated carbocycles. The van der Waals surface area contributed by atoms with Gasteiger partial charge in [0.1, 0.15) is 6.54 Å². The first-order chi connectivity index (χ1) is 7.69. The molecular weight excluding hydrogens is 274 g/mol. The number of aryl methyl sites for hydroxylation is 1. The number of halogens is 1. The summed E-state index contributed by atoms with van der Waals surface area (Å²) in [4.78, 5) is 4.34. The Balaban J connectivity index is 2.08. The van der Waals surface area contributed by atoms with Crippen molar-refractivity contribution in [1.82, 2.24) is 25.1 Å². The van der Waals surface area contributed by atoms with Crippen molar-refractivity contribution in [3.05, 3.63) is 23.6 Å². The van der Waals surface area contributed by atoms with Crippen molar-refractivity contribution in [2.24, 2.45) is 0 Å². The monoisotopic (exact) mass is 285 g/mol. The van der Waals surface area contributed by atoms with Gasteiger partial charge in [0.05, 0.1) is 16.7 Å². The molecule has 2 rings (SSSR count). The van der Waals surface area contributed by atoms with E-state index in [-0.39, 0.29) is 4.83 Å². The Morgan fingerprint density at radius 2 is 2.38 bits per heavy atom. The molecule has 0 aliphatic rings. The Morgan fingerprint density at radius 3 is 3.00 bits per heavy atom. The quantitative estimate of drug-likeness (QED) is 0.802. The Morgan fingerprint density at radius 1 is 1.56 bits per heavy atom. The van der Waals surface area contributed by atoms with E-state index in [9.17, 15) is 0 Å². The molecule has 0 aromatic carbocycles. The van der Waals surface area contributed by atoms with E-state index in [4.69, 9.17) is 4.52 Å². The highest BCUT2D eigenvalue weighted by molar-refractivity contribution is 9.09. The average molecular weight is 286 g/mol. The van der Waals surface area contributed by atoms with E-state index < -0.39 is 0 Å². The van der Waals surface area contributed by atoms with Gasteiger partial charge >= 0.3 is 0 Å². The van der Waals surface area contributed by atoms with Gasteiger partial charge in [0.15, 0.2) is 5.82 Å². The van der Waals surface area contributed by atoms with Crippen LogP contribution in [0, 0.1) is 6.92 Å². The Hall–Kier alpha value is -1.24. The van der Waals surface area contributed by atoms with Crippen LogP contribution in [-0.4, -0.2) is 25.1 Å².